The number of rotatable bonds is 5. The molecule has 0 radical (unpaired) electrons. The number of carboxylic acid groups (broad SMARTS) is 1. The van der Waals surface area contributed by atoms with Crippen LogP contribution < -0.4 is 0 Å². The number of carbonyl (C=O) groups is 2. The summed E-state index contributed by atoms with van der Waals surface area (Å²) in [7, 11) is 1.55. The molecular formula is C13H24N2O3. The molecule has 1 N–H and O–H groups in total. The Morgan fingerprint density at radius 2 is 1.83 bits per heavy atom. The minimum atomic E-state index is -0.971. The third-order valence-corrected chi connectivity index (χ3v) is 3.27. The maximum atomic E-state index is 12.3. The Hall–Kier alpha value is -1.26. The van der Waals surface area contributed by atoms with Crippen LogP contribution in [0.2, 0.25) is 0 Å². The fourth-order valence-electron chi connectivity index (χ4n) is 2.48. The van der Waals surface area contributed by atoms with Crippen molar-refractivity contribution in [3.8, 4) is 0 Å². The van der Waals surface area contributed by atoms with Crippen LogP contribution in [0.15, 0.2) is 0 Å². The fraction of sp³-hybridized carbons (Fsp3) is 0.846. The van der Waals surface area contributed by atoms with E-state index in [1.54, 1.807) is 7.05 Å². The second kappa shape index (κ2) is 6.61. The minimum absolute atomic E-state index is 0.155. The summed E-state index contributed by atoms with van der Waals surface area (Å²) >= 11 is 0. The van der Waals surface area contributed by atoms with E-state index in [2.05, 4.69) is 13.8 Å². The van der Waals surface area contributed by atoms with Crippen LogP contribution in [0.25, 0.3) is 0 Å². The van der Waals surface area contributed by atoms with Crippen LogP contribution in [-0.2, 0) is 4.79 Å². The Balaban J connectivity index is 2.68. The van der Waals surface area contributed by atoms with Crippen LogP contribution in [0.1, 0.15) is 39.5 Å². The van der Waals surface area contributed by atoms with Gasteiger partial charge in [-0.1, -0.05) is 26.7 Å². The van der Waals surface area contributed by atoms with Gasteiger partial charge < -0.3 is 14.9 Å². The van der Waals surface area contributed by atoms with Gasteiger partial charge in [-0.25, -0.2) is 4.79 Å². The molecule has 0 unspecified atom stereocenters. The predicted molar refractivity (Wildman–Crippen MR) is 69.5 cm³/mol. The summed E-state index contributed by atoms with van der Waals surface area (Å²) in [4.78, 5) is 26.1. The van der Waals surface area contributed by atoms with Crippen molar-refractivity contribution in [3.05, 3.63) is 0 Å². The van der Waals surface area contributed by atoms with E-state index in [4.69, 9.17) is 5.11 Å². The summed E-state index contributed by atoms with van der Waals surface area (Å²) in [5.74, 6) is -0.574. The summed E-state index contributed by atoms with van der Waals surface area (Å²) < 4.78 is 0. The molecule has 5 heteroatoms. The average Bonchev–Trinajstić information content (AvgIpc) is 2.76. The lowest BCUT2D eigenvalue weighted by Gasteiger charge is -2.33. The molecule has 0 heterocycles. The van der Waals surface area contributed by atoms with E-state index < -0.39 is 5.97 Å². The highest BCUT2D eigenvalue weighted by atomic mass is 16.4. The van der Waals surface area contributed by atoms with Gasteiger partial charge >= 0.3 is 12.0 Å². The van der Waals surface area contributed by atoms with Crippen molar-refractivity contribution in [2.75, 3.05) is 20.1 Å². The molecule has 2 amide bonds. The molecule has 0 aromatic carbocycles. The van der Waals surface area contributed by atoms with E-state index >= 15 is 0 Å². The summed E-state index contributed by atoms with van der Waals surface area (Å²) in [6.45, 7) is 4.62. The quantitative estimate of drug-likeness (QED) is 0.818. The maximum absolute atomic E-state index is 12.3. The molecule has 0 aromatic rings. The molecule has 18 heavy (non-hydrogen) atoms. The molecule has 1 fully saturated rings. The van der Waals surface area contributed by atoms with Gasteiger partial charge in [0.15, 0.2) is 0 Å². The molecule has 0 atom stereocenters. The van der Waals surface area contributed by atoms with Crippen molar-refractivity contribution in [2.45, 2.75) is 45.6 Å². The van der Waals surface area contributed by atoms with Gasteiger partial charge in [0, 0.05) is 19.6 Å². The molecule has 1 aliphatic rings. The standard InChI is InChI=1S/C13H24N2O3/c1-10(2)8-15(11-6-4-5-7-11)13(18)14(3)9-12(16)17/h10-11H,4-9H2,1-3H3,(H,16,17). The number of carbonyl (C=O) groups excluding carboxylic acids is 1. The second-order valence-corrected chi connectivity index (χ2v) is 5.52. The van der Waals surface area contributed by atoms with Gasteiger partial charge in [-0.3, -0.25) is 4.79 Å². The number of likely N-dealkylation sites (N-methyl/N-ethyl adjacent to an activating group) is 1. The summed E-state index contributed by atoms with van der Waals surface area (Å²) in [5.41, 5.74) is 0. The van der Waals surface area contributed by atoms with Crippen molar-refractivity contribution in [3.63, 3.8) is 0 Å². The smallest absolute Gasteiger partial charge is 0.323 e. The van der Waals surface area contributed by atoms with E-state index in [0.717, 1.165) is 25.7 Å². The van der Waals surface area contributed by atoms with Crippen molar-refractivity contribution in [1.82, 2.24) is 9.80 Å². The third-order valence-electron chi connectivity index (χ3n) is 3.27. The molecule has 0 bridgehead atoms. The van der Waals surface area contributed by atoms with E-state index in [-0.39, 0.29) is 18.6 Å². The lowest BCUT2D eigenvalue weighted by molar-refractivity contribution is -0.137. The summed E-state index contributed by atoms with van der Waals surface area (Å²) in [6, 6.07) is 0.133. The van der Waals surface area contributed by atoms with Crippen molar-refractivity contribution < 1.29 is 14.7 Å². The summed E-state index contributed by atoms with van der Waals surface area (Å²) in [5, 5.41) is 8.75. The average molecular weight is 256 g/mol. The molecule has 0 spiro atoms. The minimum Gasteiger partial charge on any atom is -0.480 e. The first-order chi connectivity index (χ1) is 8.41. The molecule has 104 valence electrons. The third kappa shape index (κ3) is 4.20. The molecular weight excluding hydrogens is 232 g/mol. The topological polar surface area (TPSA) is 60.9 Å². The van der Waals surface area contributed by atoms with Gasteiger partial charge in [0.1, 0.15) is 6.54 Å². The Bertz CT molecular complexity index is 299. The van der Waals surface area contributed by atoms with Gasteiger partial charge in [0.25, 0.3) is 0 Å². The van der Waals surface area contributed by atoms with E-state index in [1.165, 1.54) is 4.90 Å². The van der Waals surface area contributed by atoms with Gasteiger partial charge in [0.2, 0.25) is 0 Å². The van der Waals surface area contributed by atoms with Crippen LogP contribution in [0.5, 0.6) is 0 Å². The molecule has 0 aliphatic heterocycles. The molecule has 1 rings (SSSR count). The van der Waals surface area contributed by atoms with Crippen molar-refractivity contribution in [2.24, 2.45) is 5.92 Å². The Kier molecular flexibility index (Phi) is 5.44. The number of carboxylic acids is 1. The second-order valence-electron chi connectivity index (χ2n) is 5.52. The van der Waals surface area contributed by atoms with Gasteiger partial charge in [0.05, 0.1) is 0 Å². The summed E-state index contributed by atoms with van der Waals surface area (Å²) in [6.07, 6.45) is 4.41. The van der Waals surface area contributed by atoms with Gasteiger partial charge in [-0.05, 0) is 18.8 Å². The molecule has 0 aromatic heterocycles. The van der Waals surface area contributed by atoms with Crippen molar-refractivity contribution >= 4 is 12.0 Å². The molecule has 5 nitrogen and oxygen atoms in total. The zero-order valence-corrected chi connectivity index (χ0v) is 11.6. The first-order valence-corrected chi connectivity index (χ1v) is 6.65. The first kappa shape index (κ1) is 14.8. The zero-order chi connectivity index (χ0) is 13.7. The largest absolute Gasteiger partial charge is 0.480 e. The monoisotopic (exact) mass is 256 g/mol. The lowest BCUT2D eigenvalue weighted by Crippen LogP contribution is -2.48. The highest BCUT2D eigenvalue weighted by molar-refractivity contribution is 5.80. The predicted octanol–water partition coefficient (Wildman–Crippen LogP) is 2.02. The molecule has 1 aliphatic carbocycles. The number of urea groups is 1. The van der Waals surface area contributed by atoms with Gasteiger partial charge in [-0.15, -0.1) is 0 Å². The van der Waals surface area contributed by atoms with Crippen LogP contribution in [-0.4, -0.2) is 53.1 Å². The van der Waals surface area contributed by atoms with Crippen LogP contribution in [0.3, 0.4) is 0 Å². The Morgan fingerprint density at radius 3 is 2.28 bits per heavy atom. The van der Waals surface area contributed by atoms with Gasteiger partial charge in [-0.2, -0.15) is 0 Å². The van der Waals surface area contributed by atoms with Crippen LogP contribution in [0, 0.1) is 5.92 Å². The van der Waals surface area contributed by atoms with Crippen molar-refractivity contribution in [1.29, 1.82) is 0 Å². The van der Waals surface area contributed by atoms with E-state index in [1.807, 2.05) is 4.90 Å². The number of amides is 2. The normalized spacial score (nSPS) is 16.0. The SMILES string of the molecule is CC(C)CN(C(=O)N(C)CC(=O)O)C1CCCC1. The molecule has 1 saturated carbocycles. The number of aliphatic carboxylic acids is 1. The first-order valence-electron chi connectivity index (χ1n) is 6.65. The Labute approximate surface area is 109 Å². The highest BCUT2D eigenvalue weighted by Crippen LogP contribution is 2.25. The van der Waals surface area contributed by atoms with E-state index in [9.17, 15) is 9.59 Å². The van der Waals surface area contributed by atoms with E-state index in [0.29, 0.717) is 12.5 Å². The zero-order valence-electron chi connectivity index (χ0n) is 11.6. The maximum Gasteiger partial charge on any atom is 0.323 e. The Morgan fingerprint density at radius 1 is 1.28 bits per heavy atom. The number of hydrogen-bond donors (Lipinski definition) is 1. The van der Waals surface area contributed by atoms with Crippen LogP contribution >= 0.6 is 0 Å². The van der Waals surface area contributed by atoms with Crippen LogP contribution in [0.4, 0.5) is 4.79 Å². The lowest BCUT2D eigenvalue weighted by atomic mass is 10.1. The molecule has 0 saturated heterocycles. The highest BCUT2D eigenvalue weighted by Gasteiger charge is 2.29. The number of nitrogens with zero attached hydrogens (tertiary/aromatic N) is 2. The fourth-order valence-corrected chi connectivity index (χ4v) is 2.48. The number of hydrogen-bond acceptors (Lipinski definition) is 2.